The second-order valence-corrected chi connectivity index (χ2v) is 5.36. The first kappa shape index (κ1) is 13.0. The number of rotatable bonds is 3. The highest BCUT2D eigenvalue weighted by atomic mass is 16.5. The molecule has 1 aromatic heterocycles. The molecule has 3 heterocycles. The van der Waals surface area contributed by atoms with E-state index in [1.807, 2.05) is 18.7 Å². The van der Waals surface area contributed by atoms with Crippen LogP contribution in [0.4, 0.5) is 10.6 Å². The van der Waals surface area contributed by atoms with Crippen LogP contribution < -0.4 is 15.0 Å². The van der Waals surface area contributed by atoms with Crippen LogP contribution in [-0.4, -0.2) is 59.2 Å². The second kappa shape index (κ2) is 5.15. The SMILES string of the molecule is CC(C)Oc1cncc(N2CCN3C(=O)NCC3C2)n1. The topological polar surface area (TPSA) is 70.6 Å². The molecule has 0 saturated carbocycles. The summed E-state index contributed by atoms with van der Waals surface area (Å²) in [6, 6.07) is 0.255. The van der Waals surface area contributed by atoms with Gasteiger partial charge in [-0.3, -0.25) is 4.98 Å². The van der Waals surface area contributed by atoms with E-state index in [9.17, 15) is 4.79 Å². The Morgan fingerprint density at radius 2 is 2.25 bits per heavy atom. The fourth-order valence-corrected chi connectivity index (χ4v) is 2.60. The molecule has 1 N–H and O–H groups in total. The number of nitrogens with one attached hydrogen (secondary N) is 1. The van der Waals surface area contributed by atoms with Crippen molar-refractivity contribution < 1.29 is 9.53 Å². The van der Waals surface area contributed by atoms with E-state index in [0.717, 1.165) is 18.9 Å². The lowest BCUT2D eigenvalue weighted by molar-refractivity contribution is 0.197. The minimum atomic E-state index is 0.0395. The minimum Gasteiger partial charge on any atom is -0.474 e. The van der Waals surface area contributed by atoms with Gasteiger partial charge in [0.05, 0.1) is 24.5 Å². The van der Waals surface area contributed by atoms with Crippen molar-refractivity contribution in [3.8, 4) is 5.88 Å². The first-order valence-corrected chi connectivity index (χ1v) is 6.91. The van der Waals surface area contributed by atoms with Crippen LogP contribution in [0.15, 0.2) is 12.4 Å². The number of hydrogen-bond acceptors (Lipinski definition) is 5. The molecule has 0 spiro atoms. The van der Waals surface area contributed by atoms with Crippen LogP contribution >= 0.6 is 0 Å². The summed E-state index contributed by atoms with van der Waals surface area (Å²) in [6.07, 6.45) is 3.45. The highest BCUT2D eigenvalue weighted by molar-refractivity contribution is 5.77. The molecule has 1 aromatic rings. The van der Waals surface area contributed by atoms with Gasteiger partial charge in [0.25, 0.3) is 0 Å². The number of fused-ring (bicyclic) bond motifs is 1. The zero-order valence-corrected chi connectivity index (χ0v) is 11.7. The summed E-state index contributed by atoms with van der Waals surface area (Å²) in [5.74, 6) is 1.35. The summed E-state index contributed by atoms with van der Waals surface area (Å²) in [6.45, 7) is 6.88. The summed E-state index contributed by atoms with van der Waals surface area (Å²) in [5, 5.41) is 2.87. The van der Waals surface area contributed by atoms with Crippen molar-refractivity contribution in [3.63, 3.8) is 0 Å². The zero-order valence-electron chi connectivity index (χ0n) is 11.7. The smallest absolute Gasteiger partial charge is 0.317 e. The van der Waals surface area contributed by atoms with Crippen LogP contribution in [0, 0.1) is 0 Å². The van der Waals surface area contributed by atoms with Crippen LogP contribution in [0.25, 0.3) is 0 Å². The van der Waals surface area contributed by atoms with E-state index >= 15 is 0 Å². The van der Waals surface area contributed by atoms with Crippen LogP contribution in [0.3, 0.4) is 0 Å². The van der Waals surface area contributed by atoms with Crippen molar-refractivity contribution in [1.29, 1.82) is 0 Å². The Morgan fingerprint density at radius 1 is 1.40 bits per heavy atom. The highest BCUT2D eigenvalue weighted by Gasteiger charge is 2.35. The normalized spacial score (nSPS) is 21.9. The predicted molar refractivity (Wildman–Crippen MR) is 73.9 cm³/mol. The molecule has 2 aliphatic rings. The van der Waals surface area contributed by atoms with Crippen molar-refractivity contribution in [2.45, 2.75) is 26.0 Å². The van der Waals surface area contributed by atoms with Crippen molar-refractivity contribution in [3.05, 3.63) is 12.4 Å². The molecule has 20 heavy (non-hydrogen) atoms. The van der Waals surface area contributed by atoms with Crippen molar-refractivity contribution >= 4 is 11.8 Å². The van der Waals surface area contributed by atoms with Gasteiger partial charge in [-0.2, -0.15) is 4.98 Å². The zero-order chi connectivity index (χ0) is 14.1. The Hall–Kier alpha value is -2.05. The van der Waals surface area contributed by atoms with E-state index < -0.39 is 0 Å². The molecule has 1 atom stereocenters. The third kappa shape index (κ3) is 2.48. The lowest BCUT2D eigenvalue weighted by Gasteiger charge is -2.36. The molecular weight excluding hydrogens is 258 g/mol. The molecule has 0 aliphatic carbocycles. The molecule has 7 heteroatoms. The number of nitrogens with zero attached hydrogens (tertiary/aromatic N) is 4. The van der Waals surface area contributed by atoms with Crippen LogP contribution in [0.2, 0.25) is 0 Å². The van der Waals surface area contributed by atoms with Crippen LogP contribution in [0.5, 0.6) is 5.88 Å². The van der Waals surface area contributed by atoms with Crippen LogP contribution in [0.1, 0.15) is 13.8 Å². The lowest BCUT2D eigenvalue weighted by Crippen LogP contribution is -2.52. The average Bonchev–Trinajstić information content (AvgIpc) is 2.79. The van der Waals surface area contributed by atoms with Gasteiger partial charge in [0, 0.05) is 26.2 Å². The van der Waals surface area contributed by atoms with Gasteiger partial charge in [0.15, 0.2) is 5.82 Å². The fourth-order valence-electron chi connectivity index (χ4n) is 2.60. The first-order chi connectivity index (χ1) is 9.63. The number of anilines is 1. The Labute approximate surface area is 117 Å². The molecule has 0 aromatic carbocycles. The van der Waals surface area contributed by atoms with E-state index in [4.69, 9.17) is 4.74 Å². The van der Waals surface area contributed by atoms with Crippen molar-refractivity contribution in [2.24, 2.45) is 0 Å². The van der Waals surface area contributed by atoms with Gasteiger partial charge in [0.2, 0.25) is 5.88 Å². The fraction of sp³-hybridized carbons (Fsp3) is 0.615. The number of carbonyl (C=O) groups excluding carboxylic acids is 1. The molecular formula is C13H19N5O2. The molecule has 108 valence electrons. The largest absolute Gasteiger partial charge is 0.474 e. The van der Waals surface area contributed by atoms with E-state index in [0.29, 0.717) is 19.0 Å². The van der Waals surface area contributed by atoms with Gasteiger partial charge in [-0.05, 0) is 13.8 Å². The van der Waals surface area contributed by atoms with E-state index in [1.54, 1.807) is 12.4 Å². The van der Waals surface area contributed by atoms with Crippen LogP contribution in [-0.2, 0) is 0 Å². The summed E-state index contributed by atoms with van der Waals surface area (Å²) in [5.41, 5.74) is 0. The molecule has 7 nitrogen and oxygen atoms in total. The number of aromatic nitrogens is 2. The quantitative estimate of drug-likeness (QED) is 0.870. The monoisotopic (exact) mass is 277 g/mol. The average molecular weight is 277 g/mol. The van der Waals surface area contributed by atoms with E-state index in [-0.39, 0.29) is 18.2 Å². The number of carbonyl (C=O) groups is 1. The minimum absolute atomic E-state index is 0.0395. The molecule has 0 radical (unpaired) electrons. The summed E-state index contributed by atoms with van der Waals surface area (Å²) in [7, 11) is 0. The van der Waals surface area contributed by atoms with Gasteiger partial charge in [-0.25, -0.2) is 4.79 Å². The molecule has 2 aliphatic heterocycles. The molecule has 2 fully saturated rings. The van der Waals surface area contributed by atoms with Gasteiger partial charge in [-0.1, -0.05) is 0 Å². The lowest BCUT2D eigenvalue weighted by atomic mass is 10.2. The predicted octanol–water partition coefficient (Wildman–Crippen LogP) is 0.478. The third-order valence-electron chi connectivity index (χ3n) is 3.51. The van der Waals surface area contributed by atoms with Gasteiger partial charge in [-0.15, -0.1) is 0 Å². The Morgan fingerprint density at radius 3 is 3.05 bits per heavy atom. The maximum Gasteiger partial charge on any atom is 0.317 e. The standard InChI is InChI=1S/C13H19N5O2/c1-9(2)20-12-7-14-6-11(16-12)17-3-4-18-10(8-17)5-15-13(18)19/h6-7,9-10H,3-5,8H2,1-2H3,(H,15,19). The molecule has 2 amide bonds. The second-order valence-electron chi connectivity index (χ2n) is 5.36. The molecule has 1 unspecified atom stereocenters. The van der Waals surface area contributed by atoms with Gasteiger partial charge < -0.3 is 19.9 Å². The highest BCUT2D eigenvalue weighted by Crippen LogP contribution is 2.20. The Bertz CT molecular complexity index is 507. The Balaban J connectivity index is 1.72. The summed E-state index contributed by atoms with van der Waals surface area (Å²) >= 11 is 0. The van der Waals surface area contributed by atoms with Crippen molar-refractivity contribution in [2.75, 3.05) is 31.1 Å². The van der Waals surface area contributed by atoms with Crippen molar-refractivity contribution in [1.82, 2.24) is 20.2 Å². The summed E-state index contributed by atoms with van der Waals surface area (Å²) in [4.78, 5) is 24.3. The summed E-state index contributed by atoms with van der Waals surface area (Å²) < 4.78 is 5.57. The molecule has 0 bridgehead atoms. The maximum absolute atomic E-state index is 11.6. The number of piperazine rings is 1. The number of ether oxygens (including phenoxy) is 1. The van der Waals surface area contributed by atoms with Gasteiger partial charge >= 0.3 is 6.03 Å². The molecule has 2 saturated heterocycles. The number of amides is 2. The maximum atomic E-state index is 11.6. The first-order valence-electron chi connectivity index (χ1n) is 6.91. The Kier molecular flexibility index (Phi) is 3.33. The number of hydrogen-bond donors (Lipinski definition) is 1. The third-order valence-corrected chi connectivity index (χ3v) is 3.51. The number of urea groups is 1. The van der Waals surface area contributed by atoms with Gasteiger partial charge in [0.1, 0.15) is 0 Å². The van der Waals surface area contributed by atoms with E-state index in [2.05, 4.69) is 20.2 Å². The van der Waals surface area contributed by atoms with E-state index in [1.165, 1.54) is 0 Å². The molecule has 3 rings (SSSR count).